The van der Waals surface area contributed by atoms with Gasteiger partial charge in [0.1, 0.15) is 11.9 Å². The number of ether oxygens (including phenoxy) is 1. The molecule has 0 bridgehead atoms. The van der Waals surface area contributed by atoms with E-state index in [0.29, 0.717) is 13.2 Å². The maximum atomic E-state index is 8.49. The standard InChI is InChI=1S/C11H21N5O2/c1-4-9-13-10(5-2)16(14-9)6-7-18-8(3)11(12)15-17/h8,17H,4-7H2,1-3H3,(H2,12,15). The van der Waals surface area contributed by atoms with Gasteiger partial charge in [-0.2, -0.15) is 5.10 Å². The molecule has 0 aliphatic heterocycles. The number of amidine groups is 1. The molecule has 0 aromatic carbocycles. The molecule has 0 aliphatic carbocycles. The van der Waals surface area contributed by atoms with E-state index in [9.17, 15) is 0 Å². The summed E-state index contributed by atoms with van der Waals surface area (Å²) in [6.45, 7) is 6.85. The molecule has 7 heteroatoms. The zero-order chi connectivity index (χ0) is 13.5. The lowest BCUT2D eigenvalue weighted by Crippen LogP contribution is -2.30. The van der Waals surface area contributed by atoms with Gasteiger partial charge >= 0.3 is 0 Å². The summed E-state index contributed by atoms with van der Waals surface area (Å²) in [7, 11) is 0. The molecule has 0 aliphatic rings. The van der Waals surface area contributed by atoms with E-state index in [2.05, 4.69) is 15.2 Å². The molecule has 3 N–H and O–H groups in total. The summed E-state index contributed by atoms with van der Waals surface area (Å²) in [6.07, 6.45) is 1.25. The molecule has 1 aromatic rings. The van der Waals surface area contributed by atoms with Crippen molar-refractivity contribution in [2.45, 2.75) is 46.3 Å². The summed E-state index contributed by atoms with van der Waals surface area (Å²) >= 11 is 0. The van der Waals surface area contributed by atoms with Crippen LogP contribution in [-0.4, -0.2) is 38.5 Å². The summed E-state index contributed by atoms with van der Waals surface area (Å²) in [5, 5.41) is 15.8. The Balaban J connectivity index is 2.50. The molecular formula is C11H21N5O2. The number of nitrogens with zero attached hydrogens (tertiary/aromatic N) is 4. The molecule has 0 saturated heterocycles. The summed E-state index contributed by atoms with van der Waals surface area (Å²) in [4.78, 5) is 4.40. The van der Waals surface area contributed by atoms with Gasteiger partial charge in [0.15, 0.2) is 11.7 Å². The molecule has 1 rings (SSSR count). The van der Waals surface area contributed by atoms with E-state index in [1.807, 2.05) is 18.5 Å². The van der Waals surface area contributed by atoms with Gasteiger partial charge in [-0.05, 0) is 6.92 Å². The zero-order valence-corrected chi connectivity index (χ0v) is 11.1. The minimum atomic E-state index is -0.408. The van der Waals surface area contributed by atoms with Crippen LogP contribution in [0.3, 0.4) is 0 Å². The number of aryl methyl sites for hydroxylation is 2. The van der Waals surface area contributed by atoms with Gasteiger partial charge in [0.25, 0.3) is 0 Å². The van der Waals surface area contributed by atoms with E-state index in [0.717, 1.165) is 24.5 Å². The fourth-order valence-electron chi connectivity index (χ4n) is 1.50. The Morgan fingerprint density at radius 1 is 1.50 bits per heavy atom. The third-order valence-corrected chi connectivity index (χ3v) is 2.63. The molecule has 0 saturated carbocycles. The van der Waals surface area contributed by atoms with Crippen LogP contribution in [0.5, 0.6) is 0 Å². The van der Waals surface area contributed by atoms with E-state index in [1.54, 1.807) is 6.92 Å². The molecule has 102 valence electrons. The monoisotopic (exact) mass is 255 g/mol. The van der Waals surface area contributed by atoms with Crippen molar-refractivity contribution in [1.82, 2.24) is 14.8 Å². The average molecular weight is 255 g/mol. The van der Waals surface area contributed by atoms with Crippen molar-refractivity contribution in [3.05, 3.63) is 11.6 Å². The van der Waals surface area contributed by atoms with Crippen LogP contribution in [0, 0.1) is 0 Å². The van der Waals surface area contributed by atoms with Gasteiger partial charge in [0, 0.05) is 12.8 Å². The number of aromatic nitrogens is 3. The molecule has 1 atom stereocenters. The Kier molecular flexibility index (Phi) is 5.57. The molecule has 0 spiro atoms. The molecule has 1 heterocycles. The Morgan fingerprint density at radius 2 is 2.22 bits per heavy atom. The summed E-state index contributed by atoms with van der Waals surface area (Å²) < 4.78 is 7.28. The first-order chi connectivity index (χ1) is 8.62. The van der Waals surface area contributed by atoms with Crippen molar-refractivity contribution in [3.8, 4) is 0 Å². The average Bonchev–Trinajstić information content (AvgIpc) is 2.80. The Labute approximate surface area is 107 Å². The van der Waals surface area contributed by atoms with Gasteiger partial charge in [-0.25, -0.2) is 9.67 Å². The minimum absolute atomic E-state index is 0.0681. The second kappa shape index (κ2) is 6.95. The first-order valence-electron chi connectivity index (χ1n) is 6.13. The Hall–Kier alpha value is -1.63. The third kappa shape index (κ3) is 3.69. The fraction of sp³-hybridized carbons (Fsp3) is 0.727. The highest BCUT2D eigenvalue weighted by Gasteiger charge is 2.10. The Morgan fingerprint density at radius 3 is 2.78 bits per heavy atom. The molecular weight excluding hydrogens is 234 g/mol. The predicted molar refractivity (Wildman–Crippen MR) is 67.6 cm³/mol. The van der Waals surface area contributed by atoms with Crippen LogP contribution in [0.15, 0.2) is 5.16 Å². The highest BCUT2D eigenvalue weighted by molar-refractivity contribution is 5.83. The normalized spacial score (nSPS) is 13.8. The second-order valence-electron chi connectivity index (χ2n) is 3.91. The summed E-state index contributed by atoms with van der Waals surface area (Å²) in [5.74, 6) is 1.86. The highest BCUT2D eigenvalue weighted by atomic mass is 16.5. The molecule has 0 radical (unpaired) electrons. The van der Waals surface area contributed by atoms with Crippen LogP contribution in [0.4, 0.5) is 0 Å². The molecule has 1 aromatic heterocycles. The molecule has 1 unspecified atom stereocenters. The first kappa shape index (κ1) is 14.4. The van der Waals surface area contributed by atoms with Gasteiger partial charge in [-0.1, -0.05) is 19.0 Å². The molecule has 18 heavy (non-hydrogen) atoms. The number of nitrogens with two attached hydrogens (primary N) is 1. The van der Waals surface area contributed by atoms with Crippen molar-refractivity contribution in [2.75, 3.05) is 6.61 Å². The SMILES string of the molecule is CCc1nc(CC)n(CCOC(C)C(N)=NO)n1. The van der Waals surface area contributed by atoms with E-state index in [-0.39, 0.29) is 5.84 Å². The van der Waals surface area contributed by atoms with Gasteiger partial charge in [-0.3, -0.25) is 0 Å². The third-order valence-electron chi connectivity index (χ3n) is 2.63. The van der Waals surface area contributed by atoms with Crippen LogP contribution in [0.25, 0.3) is 0 Å². The highest BCUT2D eigenvalue weighted by Crippen LogP contribution is 2.01. The van der Waals surface area contributed by atoms with Crippen LogP contribution >= 0.6 is 0 Å². The van der Waals surface area contributed by atoms with Gasteiger partial charge in [-0.15, -0.1) is 0 Å². The topological polar surface area (TPSA) is 98.6 Å². The van der Waals surface area contributed by atoms with Gasteiger partial charge in [0.2, 0.25) is 0 Å². The van der Waals surface area contributed by atoms with Crippen LogP contribution in [0.1, 0.15) is 32.4 Å². The van der Waals surface area contributed by atoms with Crippen molar-refractivity contribution >= 4 is 5.84 Å². The van der Waals surface area contributed by atoms with E-state index in [1.165, 1.54) is 0 Å². The predicted octanol–water partition coefficient (Wildman–Crippen LogP) is 0.554. The minimum Gasteiger partial charge on any atom is -0.409 e. The smallest absolute Gasteiger partial charge is 0.168 e. The van der Waals surface area contributed by atoms with E-state index < -0.39 is 6.10 Å². The quantitative estimate of drug-likeness (QED) is 0.321. The number of hydrogen-bond acceptors (Lipinski definition) is 5. The second-order valence-corrected chi connectivity index (χ2v) is 3.91. The lowest BCUT2D eigenvalue weighted by atomic mass is 10.4. The summed E-state index contributed by atoms with van der Waals surface area (Å²) in [5.41, 5.74) is 5.42. The van der Waals surface area contributed by atoms with Crippen LogP contribution in [0.2, 0.25) is 0 Å². The van der Waals surface area contributed by atoms with Crippen molar-refractivity contribution in [2.24, 2.45) is 10.9 Å². The zero-order valence-electron chi connectivity index (χ0n) is 11.1. The van der Waals surface area contributed by atoms with Crippen LogP contribution in [-0.2, 0) is 24.1 Å². The number of hydrogen-bond donors (Lipinski definition) is 2. The van der Waals surface area contributed by atoms with Crippen LogP contribution < -0.4 is 5.73 Å². The number of oxime groups is 1. The fourth-order valence-corrected chi connectivity index (χ4v) is 1.50. The van der Waals surface area contributed by atoms with Crippen molar-refractivity contribution < 1.29 is 9.94 Å². The maximum Gasteiger partial charge on any atom is 0.168 e. The van der Waals surface area contributed by atoms with Gasteiger partial charge in [0.05, 0.1) is 13.2 Å². The number of rotatable bonds is 7. The molecule has 0 amide bonds. The molecule has 0 fully saturated rings. The lowest BCUT2D eigenvalue weighted by molar-refractivity contribution is 0.0963. The Bertz CT molecular complexity index is 402. The largest absolute Gasteiger partial charge is 0.409 e. The van der Waals surface area contributed by atoms with Gasteiger partial charge < -0.3 is 15.7 Å². The van der Waals surface area contributed by atoms with Crippen molar-refractivity contribution in [1.29, 1.82) is 0 Å². The lowest BCUT2D eigenvalue weighted by Gasteiger charge is -2.11. The maximum absolute atomic E-state index is 8.49. The summed E-state index contributed by atoms with van der Waals surface area (Å²) in [6, 6.07) is 0. The molecule has 7 nitrogen and oxygen atoms in total. The van der Waals surface area contributed by atoms with E-state index in [4.69, 9.17) is 15.7 Å². The first-order valence-corrected chi connectivity index (χ1v) is 6.13. The van der Waals surface area contributed by atoms with Crippen molar-refractivity contribution in [3.63, 3.8) is 0 Å². The van der Waals surface area contributed by atoms with E-state index >= 15 is 0 Å².